The summed E-state index contributed by atoms with van der Waals surface area (Å²) in [6.45, 7) is 0.686. The Morgan fingerprint density at radius 3 is 2.24 bits per heavy atom. The molecule has 0 spiro atoms. The minimum Gasteiger partial charge on any atom is -0.342 e. The Kier molecular flexibility index (Phi) is 3.52. The number of amides is 1. The zero-order chi connectivity index (χ0) is 14.6. The third-order valence-electron chi connectivity index (χ3n) is 7.25. The first kappa shape index (κ1) is 14.0. The fourth-order valence-corrected chi connectivity index (χ4v) is 6.58. The van der Waals surface area contributed by atoms with Crippen LogP contribution in [-0.2, 0) is 4.79 Å². The Morgan fingerprint density at radius 2 is 1.67 bits per heavy atom. The molecule has 5 aliphatic rings. The lowest BCUT2D eigenvalue weighted by molar-refractivity contribution is -0.146. The van der Waals surface area contributed by atoms with Gasteiger partial charge in [0, 0.05) is 19.0 Å². The minimum absolute atomic E-state index is 0.220. The molecular weight excluding hydrogens is 260 g/mol. The van der Waals surface area contributed by atoms with E-state index >= 15 is 0 Å². The molecule has 0 aromatic carbocycles. The van der Waals surface area contributed by atoms with E-state index < -0.39 is 0 Å². The molecule has 5 fully saturated rings. The summed E-state index contributed by atoms with van der Waals surface area (Å²) in [4.78, 5) is 15.2. The Hall–Kier alpha value is -0.570. The van der Waals surface area contributed by atoms with E-state index in [9.17, 15) is 4.79 Å². The Labute approximate surface area is 128 Å². The molecule has 5 rings (SSSR count). The maximum Gasteiger partial charge on any atom is 0.226 e. The fraction of sp³-hybridized carbons (Fsp3) is 0.944. The summed E-state index contributed by atoms with van der Waals surface area (Å²) in [7, 11) is 2.10. The summed E-state index contributed by atoms with van der Waals surface area (Å²) in [5.74, 6) is 4.64. The molecular formula is C18H30N2O. The van der Waals surface area contributed by atoms with Crippen LogP contribution >= 0.6 is 0 Å². The van der Waals surface area contributed by atoms with Crippen LogP contribution in [0.5, 0.6) is 0 Å². The van der Waals surface area contributed by atoms with Crippen molar-refractivity contribution in [2.75, 3.05) is 13.6 Å². The van der Waals surface area contributed by atoms with Crippen molar-refractivity contribution in [2.45, 2.75) is 57.4 Å². The van der Waals surface area contributed by atoms with Crippen molar-refractivity contribution in [3.05, 3.63) is 0 Å². The number of carbonyl (C=O) groups excluding carboxylic acids is 1. The van der Waals surface area contributed by atoms with Crippen LogP contribution in [0, 0.1) is 35.5 Å². The molecule has 4 bridgehead atoms. The summed E-state index contributed by atoms with van der Waals surface area (Å²) in [6.07, 6.45) is 10.4. The van der Waals surface area contributed by atoms with E-state index in [0.29, 0.717) is 24.4 Å². The summed E-state index contributed by atoms with van der Waals surface area (Å²) in [5, 5.41) is 0. The van der Waals surface area contributed by atoms with Gasteiger partial charge in [-0.1, -0.05) is 6.42 Å². The summed E-state index contributed by atoms with van der Waals surface area (Å²) in [6, 6.07) is 0.546. The van der Waals surface area contributed by atoms with Gasteiger partial charge in [0.25, 0.3) is 0 Å². The van der Waals surface area contributed by atoms with Crippen molar-refractivity contribution in [3.8, 4) is 0 Å². The van der Waals surface area contributed by atoms with Crippen LogP contribution in [0.2, 0.25) is 0 Å². The number of nitrogens with two attached hydrogens (primary N) is 1. The quantitative estimate of drug-likeness (QED) is 0.868. The zero-order valence-corrected chi connectivity index (χ0v) is 13.3. The van der Waals surface area contributed by atoms with Crippen molar-refractivity contribution >= 4 is 5.91 Å². The van der Waals surface area contributed by atoms with E-state index in [1.54, 1.807) is 0 Å². The Balaban J connectivity index is 1.49. The van der Waals surface area contributed by atoms with E-state index in [-0.39, 0.29) is 5.92 Å². The minimum atomic E-state index is 0.220. The van der Waals surface area contributed by atoms with Gasteiger partial charge in [-0.3, -0.25) is 4.79 Å². The molecule has 0 saturated heterocycles. The van der Waals surface area contributed by atoms with Gasteiger partial charge in [-0.15, -0.1) is 0 Å². The second-order valence-electron chi connectivity index (χ2n) is 8.40. The van der Waals surface area contributed by atoms with Gasteiger partial charge in [-0.25, -0.2) is 0 Å². The molecule has 21 heavy (non-hydrogen) atoms. The molecule has 2 atom stereocenters. The van der Waals surface area contributed by atoms with Crippen molar-refractivity contribution in [1.29, 1.82) is 0 Å². The van der Waals surface area contributed by atoms with Crippen LogP contribution < -0.4 is 5.73 Å². The van der Waals surface area contributed by atoms with Crippen molar-refractivity contribution in [2.24, 2.45) is 41.2 Å². The summed E-state index contributed by atoms with van der Waals surface area (Å²) < 4.78 is 0. The molecule has 0 aliphatic heterocycles. The SMILES string of the molecule is CN(C(=O)C1CCCC1CN)C1C2CC3CC(C2)CC1C3. The van der Waals surface area contributed by atoms with E-state index in [4.69, 9.17) is 5.73 Å². The van der Waals surface area contributed by atoms with Crippen LogP contribution in [0.3, 0.4) is 0 Å². The molecule has 0 aromatic rings. The third kappa shape index (κ3) is 2.23. The van der Waals surface area contributed by atoms with Gasteiger partial charge in [-0.2, -0.15) is 0 Å². The maximum absolute atomic E-state index is 13.0. The highest BCUT2D eigenvalue weighted by molar-refractivity contribution is 5.79. The van der Waals surface area contributed by atoms with E-state index in [1.807, 2.05) is 0 Å². The second-order valence-corrected chi connectivity index (χ2v) is 8.40. The zero-order valence-electron chi connectivity index (χ0n) is 13.3. The van der Waals surface area contributed by atoms with E-state index in [0.717, 1.165) is 36.5 Å². The largest absolute Gasteiger partial charge is 0.342 e. The smallest absolute Gasteiger partial charge is 0.226 e. The van der Waals surface area contributed by atoms with Gasteiger partial charge in [0.15, 0.2) is 0 Å². The van der Waals surface area contributed by atoms with Gasteiger partial charge in [0.05, 0.1) is 0 Å². The number of nitrogens with zero attached hydrogens (tertiary/aromatic N) is 1. The average Bonchev–Trinajstić information content (AvgIpc) is 2.93. The van der Waals surface area contributed by atoms with Gasteiger partial charge in [0.1, 0.15) is 0 Å². The predicted octanol–water partition coefficient (Wildman–Crippen LogP) is 2.64. The first-order chi connectivity index (χ1) is 10.2. The number of hydrogen-bond acceptors (Lipinski definition) is 2. The van der Waals surface area contributed by atoms with E-state index in [1.165, 1.54) is 38.5 Å². The molecule has 3 nitrogen and oxygen atoms in total. The molecule has 5 saturated carbocycles. The molecule has 5 aliphatic carbocycles. The van der Waals surface area contributed by atoms with Gasteiger partial charge < -0.3 is 10.6 Å². The van der Waals surface area contributed by atoms with Crippen LogP contribution in [-0.4, -0.2) is 30.4 Å². The summed E-state index contributed by atoms with van der Waals surface area (Å²) >= 11 is 0. The van der Waals surface area contributed by atoms with Crippen LogP contribution in [0.15, 0.2) is 0 Å². The standard InChI is InChI=1S/C18H30N2O/c1-20(18(21)16-4-2-3-13(16)10-19)17-14-6-11-5-12(8-14)9-15(17)7-11/h11-17H,2-10,19H2,1H3. The van der Waals surface area contributed by atoms with Crippen LogP contribution in [0.1, 0.15) is 51.4 Å². The maximum atomic E-state index is 13.0. The van der Waals surface area contributed by atoms with Crippen LogP contribution in [0.4, 0.5) is 0 Å². The van der Waals surface area contributed by atoms with E-state index in [2.05, 4.69) is 11.9 Å². The van der Waals surface area contributed by atoms with Gasteiger partial charge in [0.2, 0.25) is 5.91 Å². The number of rotatable bonds is 3. The first-order valence-corrected chi connectivity index (χ1v) is 9.14. The topological polar surface area (TPSA) is 46.3 Å². The molecule has 2 unspecified atom stereocenters. The molecule has 118 valence electrons. The van der Waals surface area contributed by atoms with Crippen molar-refractivity contribution in [1.82, 2.24) is 4.90 Å². The summed E-state index contributed by atoms with van der Waals surface area (Å²) in [5.41, 5.74) is 5.89. The normalized spacial score (nSPS) is 47.8. The molecule has 2 N–H and O–H groups in total. The highest BCUT2D eigenvalue weighted by Gasteiger charge is 2.51. The Morgan fingerprint density at radius 1 is 1.05 bits per heavy atom. The second kappa shape index (κ2) is 5.26. The predicted molar refractivity (Wildman–Crippen MR) is 83.5 cm³/mol. The van der Waals surface area contributed by atoms with Crippen molar-refractivity contribution in [3.63, 3.8) is 0 Å². The lowest BCUT2D eigenvalue weighted by atomic mass is 9.54. The third-order valence-corrected chi connectivity index (χ3v) is 7.25. The number of carbonyl (C=O) groups is 1. The molecule has 0 aromatic heterocycles. The van der Waals surface area contributed by atoms with Crippen molar-refractivity contribution < 1.29 is 4.79 Å². The lowest BCUT2D eigenvalue weighted by Gasteiger charge is -2.56. The highest BCUT2D eigenvalue weighted by atomic mass is 16.2. The Bertz CT molecular complexity index is 393. The fourth-order valence-electron chi connectivity index (χ4n) is 6.58. The molecule has 0 heterocycles. The molecule has 1 amide bonds. The number of hydrogen-bond donors (Lipinski definition) is 1. The lowest BCUT2D eigenvalue weighted by Crippen LogP contribution is -2.57. The van der Waals surface area contributed by atoms with Crippen LogP contribution in [0.25, 0.3) is 0 Å². The van der Waals surface area contributed by atoms with Gasteiger partial charge in [-0.05, 0) is 81.1 Å². The molecule has 0 radical (unpaired) electrons. The monoisotopic (exact) mass is 290 g/mol. The first-order valence-electron chi connectivity index (χ1n) is 9.14. The van der Waals surface area contributed by atoms with Gasteiger partial charge >= 0.3 is 0 Å². The highest BCUT2D eigenvalue weighted by Crippen LogP contribution is 2.55. The molecule has 3 heteroatoms. The average molecular weight is 290 g/mol.